The highest BCUT2D eigenvalue weighted by Gasteiger charge is 2.32. The van der Waals surface area contributed by atoms with Crippen molar-refractivity contribution in [1.82, 2.24) is 19.1 Å². The van der Waals surface area contributed by atoms with Gasteiger partial charge in [0, 0.05) is 76.0 Å². The highest BCUT2D eigenvalue weighted by atomic mass is 32.1. The Hall–Kier alpha value is -8.36. The van der Waals surface area contributed by atoms with Crippen LogP contribution < -0.4 is 0 Å². The van der Waals surface area contributed by atoms with Crippen LogP contribution in [0.15, 0.2) is 170 Å². The summed E-state index contributed by atoms with van der Waals surface area (Å²) in [7, 11) is 0. The largest absolute Gasteiger partial charge is 0.318 e. The fourth-order valence-corrected chi connectivity index (χ4v) is 11.1. The topological polar surface area (TPSA) is 63.8 Å². The number of para-hydroxylation sites is 1. The fourth-order valence-electron chi connectivity index (χ4n) is 10.0. The van der Waals surface area contributed by atoms with Gasteiger partial charge >= 0.3 is 0 Å². The van der Waals surface area contributed by atoms with E-state index in [1.54, 1.807) is 11.3 Å². The van der Waals surface area contributed by atoms with Crippen molar-refractivity contribution in [1.29, 1.82) is 5.26 Å². The number of rotatable bonds is 4. The van der Waals surface area contributed by atoms with Gasteiger partial charge in [-0.05, 0) is 47.5 Å². The van der Waals surface area contributed by atoms with E-state index in [2.05, 4.69) is 117 Å². The number of pyridine rings is 2. The SMILES string of the molecule is [C-]#[N+]c1c(-c2ccccc2)c(C#N)c(-n2c3ccccc3c3cc4sc5ccccc5c4cc32)c(-c2ccccc2)c1-n1c2ccnc3c4ccccc4c4nccc1c4c32. The maximum atomic E-state index is 11.7. The zero-order valence-corrected chi connectivity index (χ0v) is 33.1. The molecule has 0 amide bonds. The molecule has 13 aromatic rings. The standard InChI is InChI=1S/C54H28N6S/c1-56-52-46(31-14-4-2-5-15-31)39(30-55)53(59-40-22-12-10-18-33(40)37-29-45-38(28-43(37)59)34-19-11-13-23-44(34)61-45)47(32-16-6-3-7-17-32)54(52)60-41-24-26-57-50-35-20-8-9-21-36(35)51-49(48(41)50)42(60)25-27-58-51/h2-29H. The summed E-state index contributed by atoms with van der Waals surface area (Å²) >= 11 is 1.80. The molecule has 0 aliphatic carbocycles. The quantitative estimate of drug-likeness (QED) is 0.132. The van der Waals surface area contributed by atoms with E-state index in [0.717, 1.165) is 87.8 Å². The van der Waals surface area contributed by atoms with Gasteiger partial charge in [-0.15, -0.1) is 11.3 Å². The molecule has 5 aromatic heterocycles. The maximum Gasteiger partial charge on any atom is 0.220 e. The minimum absolute atomic E-state index is 0.393. The van der Waals surface area contributed by atoms with Gasteiger partial charge < -0.3 is 9.13 Å². The Morgan fingerprint density at radius 1 is 0.492 bits per heavy atom. The molecular formula is C54H28N6S. The van der Waals surface area contributed by atoms with E-state index in [1.165, 1.54) is 20.2 Å². The Morgan fingerprint density at radius 2 is 1.05 bits per heavy atom. The van der Waals surface area contributed by atoms with Crippen LogP contribution in [0.5, 0.6) is 0 Å². The molecule has 0 aliphatic heterocycles. The van der Waals surface area contributed by atoms with Gasteiger partial charge in [0.1, 0.15) is 6.07 Å². The van der Waals surface area contributed by atoms with Gasteiger partial charge in [-0.2, -0.15) is 5.26 Å². The molecule has 5 heterocycles. The molecule has 7 heteroatoms. The molecule has 0 unspecified atom stereocenters. The van der Waals surface area contributed by atoms with Crippen molar-refractivity contribution < 1.29 is 0 Å². The molecule has 0 radical (unpaired) electrons. The number of hydrogen-bond donors (Lipinski definition) is 0. The van der Waals surface area contributed by atoms with Crippen molar-refractivity contribution >= 4 is 103 Å². The molecule has 0 aliphatic rings. The summed E-state index contributed by atoms with van der Waals surface area (Å²) in [6.45, 7) is 9.16. The molecule has 13 rings (SSSR count). The van der Waals surface area contributed by atoms with E-state index in [9.17, 15) is 5.26 Å². The lowest BCUT2D eigenvalue weighted by Crippen LogP contribution is -2.08. The lowest BCUT2D eigenvalue weighted by atomic mass is 9.88. The van der Waals surface area contributed by atoms with Crippen molar-refractivity contribution in [3.05, 3.63) is 187 Å². The lowest BCUT2D eigenvalue weighted by molar-refractivity contribution is 1.13. The van der Waals surface area contributed by atoms with Gasteiger partial charge in [0.05, 0.1) is 56.6 Å². The minimum atomic E-state index is 0.393. The average molecular weight is 793 g/mol. The first-order valence-electron chi connectivity index (χ1n) is 20.1. The van der Waals surface area contributed by atoms with E-state index in [1.807, 2.05) is 73.1 Å². The zero-order chi connectivity index (χ0) is 40.3. The van der Waals surface area contributed by atoms with Crippen molar-refractivity contribution in [2.45, 2.75) is 0 Å². The van der Waals surface area contributed by atoms with Crippen molar-refractivity contribution in [2.75, 3.05) is 0 Å². The third-order valence-corrected chi connectivity index (χ3v) is 13.5. The fraction of sp³-hybridized carbons (Fsp3) is 0. The number of hydrogen-bond acceptors (Lipinski definition) is 4. The summed E-state index contributed by atoms with van der Waals surface area (Å²) in [6.07, 6.45) is 3.74. The van der Waals surface area contributed by atoms with Crippen LogP contribution in [0.25, 0.3) is 124 Å². The minimum Gasteiger partial charge on any atom is -0.318 e. The average Bonchev–Trinajstić information content (AvgIpc) is 3.97. The van der Waals surface area contributed by atoms with Crippen LogP contribution >= 0.6 is 11.3 Å². The smallest absolute Gasteiger partial charge is 0.220 e. The number of benzene rings is 8. The molecule has 0 N–H and O–H groups in total. The van der Waals surface area contributed by atoms with E-state index < -0.39 is 0 Å². The number of aromatic nitrogens is 4. The van der Waals surface area contributed by atoms with Gasteiger partial charge in [-0.3, -0.25) is 9.97 Å². The molecule has 0 fully saturated rings. The Kier molecular flexibility index (Phi) is 6.92. The predicted octanol–water partition coefficient (Wildman–Crippen LogP) is 14.5. The number of thiophene rings is 1. The molecule has 0 atom stereocenters. The molecule has 61 heavy (non-hydrogen) atoms. The van der Waals surface area contributed by atoms with Gasteiger partial charge in [0.25, 0.3) is 0 Å². The van der Waals surface area contributed by atoms with Crippen LogP contribution in [0, 0.1) is 17.9 Å². The number of fused-ring (bicyclic) bond motifs is 9. The van der Waals surface area contributed by atoms with Crippen LogP contribution in [0.3, 0.4) is 0 Å². The second-order valence-electron chi connectivity index (χ2n) is 15.4. The summed E-state index contributed by atoms with van der Waals surface area (Å²) in [5, 5.41) is 20.3. The Morgan fingerprint density at radius 3 is 1.69 bits per heavy atom. The first-order chi connectivity index (χ1) is 30.2. The molecule has 0 saturated carbocycles. The summed E-state index contributed by atoms with van der Waals surface area (Å²) < 4.78 is 6.98. The molecule has 0 bridgehead atoms. The van der Waals surface area contributed by atoms with Crippen molar-refractivity contribution in [2.24, 2.45) is 0 Å². The van der Waals surface area contributed by atoms with Crippen molar-refractivity contribution in [3.63, 3.8) is 0 Å². The third-order valence-electron chi connectivity index (χ3n) is 12.4. The van der Waals surface area contributed by atoms with E-state index >= 15 is 0 Å². The summed E-state index contributed by atoms with van der Waals surface area (Å²) in [6, 6.07) is 57.0. The number of nitriles is 1. The molecule has 0 spiro atoms. The summed E-state index contributed by atoms with van der Waals surface area (Å²) in [5.74, 6) is 0. The molecule has 8 aromatic carbocycles. The predicted molar refractivity (Wildman–Crippen MR) is 252 cm³/mol. The molecule has 280 valence electrons. The Balaban J connectivity index is 1.32. The van der Waals surface area contributed by atoms with E-state index in [0.29, 0.717) is 22.5 Å². The van der Waals surface area contributed by atoms with Gasteiger partial charge in [0.15, 0.2) is 0 Å². The Bertz CT molecular complexity index is 3980. The summed E-state index contributed by atoms with van der Waals surface area (Å²) in [5.41, 5.74) is 10.8. The second kappa shape index (κ2) is 12.6. The van der Waals surface area contributed by atoms with Crippen LogP contribution in [-0.4, -0.2) is 19.1 Å². The lowest BCUT2D eigenvalue weighted by Gasteiger charge is -2.25. The van der Waals surface area contributed by atoms with Crippen LogP contribution in [0.1, 0.15) is 5.56 Å². The Labute approximate surface area is 352 Å². The highest BCUT2D eigenvalue weighted by Crippen LogP contribution is 2.53. The van der Waals surface area contributed by atoms with Crippen LogP contribution in [0.4, 0.5) is 5.69 Å². The molecule has 6 nitrogen and oxygen atoms in total. The van der Waals surface area contributed by atoms with E-state index in [-0.39, 0.29) is 0 Å². The van der Waals surface area contributed by atoms with E-state index in [4.69, 9.17) is 16.5 Å². The van der Waals surface area contributed by atoms with Crippen LogP contribution in [0.2, 0.25) is 0 Å². The monoisotopic (exact) mass is 792 g/mol. The third kappa shape index (κ3) is 4.47. The summed E-state index contributed by atoms with van der Waals surface area (Å²) in [4.78, 5) is 14.5. The first kappa shape index (κ1) is 33.6. The van der Waals surface area contributed by atoms with Gasteiger partial charge in [-0.25, -0.2) is 4.85 Å². The zero-order valence-electron chi connectivity index (χ0n) is 32.3. The second-order valence-corrected chi connectivity index (χ2v) is 16.5. The van der Waals surface area contributed by atoms with Crippen LogP contribution in [-0.2, 0) is 0 Å². The first-order valence-corrected chi connectivity index (χ1v) is 20.9. The maximum absolute atomic E-state index is 11.7. The highest BCUT2D eigenvalue weighted by molar-refractivity contribution is 7.25. The number of nitrogens with zero attached hydrogens (tertiary/aromatic N) is 6. The van der Waals surface area contributed by atoms with Gasteiger partial charge in [-0.1, -0.05) is 121 Å². The molecular weight excluding hydrogens is 765 g/mol. The van der Waals surface area contributed by atoms with Gasteiger partial charge in [0.2, 0.25) is 5.69 Å². The molecule has 0 saturated heterocycles. The van der Waals surface area contributed by atoms with Crippen molar-refractivity contribution in [3.8, 4) is 39.7 Å². The normalized spacial score (nSPS) is 11.9.